The molecule has 0 saturated carbocycles. The zero-order valence-corrected chi connectivity index (χ0v) is 11.3. The predicted molar refractivity (Wildman–Crippen MR) is 68.6 cm³/mol. The highest BCUT2D eigenvalue weighted by Crippen LogP contribution is 2.22. The molecule has 0 radical (unpaired) electrons. The number of esters is 1. The van der Waals surface area contributed by atoms with Crippen LogP contribution in [0, 0.1) is 0 Å². The van der Waals surface area contributed by atoms with Crippen LogP contribution in [0.1, 0.15) is 43.7 Å². The number of piperidine rings is 1. The lowest BCUT2D eigenvalue weighted by Gasteiger charge is -2.38. The molecule has 0 N–H and O–H groups in total. The second-order valence-corrected chi connectivity index (χ2v) is 4.98. The van der Waals surface area contributed by atoms with Crippen LogP contribution in [-0.2, 0) is 9.53 Å². The summed E-state index contributed by atoms with van der Waals surface area (Å²) in [6.45, 7) is 3.83. The van der Waals surface area contributed by atoms with Gasteiger partial charge in [0.25, 0.3) is 5.91 Å². The number of likely N-dealkylation sites (tertiary alicyclic amines) is 1. The quantitative estimate of drug-likeness (QED) is 0.786. The van der Waals surface area contributed by atoms with Crippen molar-refractivity contribution in [3.63, 3.8) is 0 Å². The highest BCUT2D eigenvalue weighted by Gasteiger charge is 2.29. The third-order valence-corrected chi connectivity index (χ3v) is 3.53. The van der Waals surface area contributed by atoms with Crippen LogP contribution in [0.3, 0.4) is 0 Å². The minimum Gasteiger partial charge on any atom is -0.457 e. The number of nitrogens with zero attached hydrogens (tertiary/aromatic N) is 1. The fourth-order valence-corrected chi connectivity index (χ4v) is 2.58. The van der Waals surface area contributed by atoms with Gasteiger partial charge in [0.05, 0.1) is 6.26 Å². The first-order valence-electron chi connectivity index (χ1n) is 6.61. The summed E-state index contributed by atoms with van der Waals surface area (Å²) < 4.78 is 9.89. The topological polar surface area (TPSA) is 59.8 Å². The summed E-state index contributed by atoms with van der Waals surface area (Å²) in [5.41, 5.74) is 0. The first kappa shape index (κ1) is 13.6. The minimum atomic E-state index is -0.601. The largest absolute Gasteiger partial charge is 0.457 e. The smallest absolute Gasteiger partial charge is 0.374 e. The molecule has 0 aromatic carbocycles. The van der Waals surface area contributed by atoms with Gasteiger partial charge in [0.1, 0.15) is 0 Å². The number of hydrogen-bond donors (Lipinski definition) is 0. The Kier molecular flexibility index (Phi) is 4.24. The second kappa shape index (κ2) is 5.91. The maximum atomic E-state index is 12.1. The number of amides is 1. The molecule has 1 amide bonds. The van der Waals surface area contributed by atoms with Crippen LogP contribution in [0.4, 0.5) is 0 Å². The summed E-state index contributed by atoms with van der Waals surface area (Å²) in [5, 5.41) is 0. The predicted octanol–water partition coefficient (Wildman–Crippen LogP) is 2.23. The zero-order valence-electron chi connectivity index (χ0n) is 11.3. The molecular formula is C14H19NO4. The van der Waals surface area contributed by atoms with Crippen LogP contribution in [0.25, 0.3) is 0 Å². The van der Waals surface area contributed by atoms with Gasteiger partial charge >= 0.3 is 5.97 Å². The van der Waals surface area contributed by atoms with E-state index in [0.29, 0.717) is 0 Å². The SMILES string of the molecule is C[C@@H]1CCC[C@@H](C)N1C(=O)COC(=O)c1ccco1. The number of ether oxygens (including phenoxy) is 1. The van der Waals surface area contributed by atoms with Crippen molar-refractivity contribution in [3.8, 4) is 0 Å². The molecule has 1 aliphatic heterocycles. The highest BCUT2D eigenvalue weighted by atomic mass is 16.5. The average Bonchev–Trinajstić information content (AvgIpc) is 2.89. The molecule has 1 saturated heterocycles. The first-order valence-corrected chi connectivity index (χ1v) is 6.61. The number of rotatable bonds is 3. The minimum absolute atomic E-state index is 0.118. The van der Waals surface area contributed by atoms with Crippen LogP contribution in [-0.4, -0.2) is 35.5 Å². The van der Waals surface area contributed by atoms with Crippen molar-refractivity contribution < 1.29 is 18.7 Å². The van der Waals surface area contributed by atoms with Crippen molar-refractivity contribution in [2.45, 2.75) is 45.2 Å². The third-order valence-electron chi connectivity index (χ3n) is 3.53. The Bertz CT molecular complexity index is 430. The maximum Gasteiger partial charge on any atom is 0.374 e. The number of hydrogen-bond acceptors (Lipinski definition) is 4. The van der Waals surface area contributed by atoms with Gasteiger partial charge < -0.3 is 14.1 Å². The normalized spacial score (nSPS) is 23.2. The van der Waals surface area contributed by atoms with Crippen molar-refractivity contribution in [2.24, 2.45) is 0 Å². The van der Waals surface area contributed by atoms with Gasteiger partial charge in [0, 0.05) is 12.1 Å². The van der Waals surface area contributed by atoms with Gasteiger partial charge in [0.2, 0.25) is 5.76 Å². The Morgan fingerprint density at radius 2 is 2.05 bits per heavy atom. The maximum absolute atomic E-state index is 12.1. The molecule has 1 fully saturated rings. The summed E-state index contributed by atoms with van der Waals surface area (Å²) in [6, 6.07) is 3.53. The molecule has 104 valence electrons. The van der Waals surface area contributed by atoms with E-state index in [1.165, 1.54) is 12.3 Å². The van der Waals surface area contributed by atoms with E-state index in [1.807, 2.05) is 18.7 Å². The number of furan rings is 1. The lowest BCUT2D eigenvalue weighted by atomic mass is 9.97. The van der Waals surface area contributed by atoms with Crippen molar-refractivity contribution in [2.75, 3.05) is 6.61 Å². The molecule has 2 atom stereocenters. The Morgan fingerprint density at radius 3 is 2.63 bits per heavy atom. The van der Waals surface area contributed by atoms with E-state index >= 15 is 0 Å². The number of carbonyl (C=O) groups excluding carboxylic acids is 2. The Balaban J connectivity index is 1.88. The molecule has 5 heteroatoms. The Labute approximate surface area is 112 Å². The molecule has 1 aromatic rings. The van der Waals surface area contributed by atoms with Crippen LogP contribution < -0.4 is 0 Å². The van der Waals surface area contributed by atoms with Gasteiger partial charge in [0.15, 0.2) is 6.61 Å². The van der Waals surface area contributed by atoms with E-state index in [1.54, 1.807) is 6.07 Å². The molecule has 1 aromatic heterocycles. The molecule has 2 rings (SSSR count). The lowest BCUT2D eigenvalue weighted by Crippen LogP contribution is -2.49. The van der Waals surface area contributed by atoms with Crippen LogP contribution >= 0.6 is 0 Å². The molecule has 1 aliphatic rings. The van der Waals surface area contributed by atoms with Crippen LogP contribution in [0.5, 0.6) is 0 Å². The van der Waals surface area contributed by atoms with Gasteiger partial charge in [-0.15, -0.1) is 0 Å². The standard InChI is InChI=1S/C14H19NO4/c1-10-5-3-6-11(2)15(10)13(16)9-19-14(17)12-7-4-8-18-12/h4,7-8,10-11H,3,5-6,9H2,1-2H3/t10-,11-/m1/s1. The fourth-order valence-electron chi connectivity index (χ4n) is 2.58. The molecule has 19 heavy (non-hydrogen) atoms. The van der Waals surface area contributed by atoms with Crippen molar-refractivity contribution in [1.29, 1.82) is 0 Å². The molecule has 2 heterocycles. The van der Waals surface area contributed by atoms with Crippen LogP contribution in [0.15, 0.2) is 22.8 Å². The van der Waals surface area contributed by atoms with Gasteiger partial charge in [-0.2, -0.15) is 0 Å². The van der Waals surface area contributed by atoms with Crippen molar-refractivity contribution in [3.05, 3.63) is 24.2 Å². The monoisotopic (exact) mass is 265 g/mol. The van der Waals surface area contributed by atoms with Gasteiger partial charge in [-0.3, -0.25) is 4.79 Å². The van der Waals surface area contributed by atoms with E-state index < -0.39 is 5.97 Å². The zero-order chi connectivity index (χ0) is 13.8. The molecular weight excluding hydrogens is 246 g/mol. The van der Waals surface area contributed by atoms with Gasteiger partial charge in [-0.05, 0) is 45.2 Å². The highest BCUT2D eigenvalue weighted by molar-refractivity contribution is 5.88. The summed E-state index contributed by atoms with van der Waals surface area (Å²) in [7, 11) is 0. The van der Waals surface area contributed by atoms with E-state index in [4.69, 9.17) is 9.15 Å². The van der Waals surface area contributed by atoms with E-state index in [0.717, 1.165) is 19.3 Å². The van der Waals surface area contributed by atoms with E-state index in [2.05, 4.69) is 0 Å². The van der Waals surface area contributed by atoms with Crippen molar-refractivity contribution in [1.82, 2.24) is 4.90 Å². The average molecular weight is 265 g/mol. The first-order chi connectivity index (χ1) is 9.09. The van der Waals surface area contributed by atoms with E-state index in [-0.39, 0.29) is 30.4 Å². The summed E-state index contributed by atoms with van der Waals surface area (Å²) in [4.78, 5) is 25.5. The van der Waals surface area contributed by atoms with Crippen molar-refractivity contribution >= 4 is 11.9 Å². The fraction of sp³-hybridized carbons (Fsp3) is 0.571. The molecule has 0 unspecified atom stereocenters. The van der Waals surface area contributed by atoms with Gasteiger partial charge in [-0.25, -0.2) is 4.79 Å². The van der Waals surface area contributed by atoms with Gasteiger partial charge in [-0.1, -0.05) is 0 Å². The molecule has 0 bridgehead atoms. The van der Waals surface area contributed by atoms with E-state index in [9.17, 15) is 9.59 Å². The summed E-state index contributed by atoms with van der Waals surface area (Å²) >= 11 is 0. The Morgan fingerprint density at radius 1 is 1.37 bits per heavy atom. The van der Waals surface area contributed by atoms with Crippen LogP contribution in [0.2, 0.25) is 0 Å². The lowest BCUT2D eigenvalue weighted by molar-refractivity contribution is -0.140. The molecule has 0 spiro atoms. The third kappa shape index (κ3) is 3.16. The Hall–Kier alpha value is -1.78. The molecule has 0 aliphatic carbocycles. The molecule has 5 nitrogen and oxygen atoms in total. The second-order valence-electron chi connectivity index (χ2n) is 4.98. The number of carbonyl (C=O) groups is 2. The summed E-state index contributed by atoms with van der Waals surface area (Å²) in [5.74, 6) is -0.622. The summed E-state index contributed by atoms with van der Waals surface area (Å²) in [6.07, 6.45) is 4.54.